The fourth-order valence-electron chi connectivity index (χ4n) is 1.93. The average molecular weight is 399 g/mol. The molecule has 2 rings (SSSR count). The molecule has 0 N–H and O–H groups in total. The number of aryl methyl sites for hydroxylation is 1. The van der Waals surface area contributed by atoms with E-state index in [2.05, 4.69) is 15.9 Å². The van der Waals surface area contributed by atoms with Crippen molar-refractivity contribution in [2.45, 2.75) is 31.5 Å². The predicted octanol–water partition coefficient (Wildman–Crippen LogP) is 4.07. The molecule has 0 amide bonds. The average Bonchev–Trinajstić information content (AvgIpc) is 2.49. The maximum atomic E-state index is 12.1. The molecule has 1 atom stereocenters. The minimum Gasteiger partial charge on any atom is -0.374 e. The van der Waals surface area contributed by atoms with E-state index in [1.54, 1.807) is 31.2 Å². The van der Waals surface area contributed by atoms with Crippen molar-refractivity contribution in [3.05, 3.63) is 64.1 Å². The van der Waals surface area contributed by atoms with Crippen LogP contribution >= 0.6 is 15.9 Å². The lowest BCUT2D eigenvalue weighted by Crippen LogP contribution is -2.20. The summed E-state index contributed by atoms with van der Waals surface area (Å²) < 4.78 is 36.0. The van der Waals surface area contributed by atoms with Crippen LogP contribution in [0.5, 0.6) is 0 Å². The normalized spacial score (nSPS) is 13.0. The van der Waals surface area contributed by atoms with Gasteiger partial charge in [0.25, 0.3) is 10.1 Å². The molecule has 0 bridgehead atoms. The van der Waals surface area contributed by atoms with Gasteiger partial charge in [-0.05, 0) is 43.7 Å². The summed E-state index contributed by atoms with van der Waals surface area (Å²) in [5, 5.41) is 0. The van der Waals surface area contributed by atoms with Gasteiger partial charge in [0.1, 0.15) is 0 Å². The molecule has 0 radical (unpaired) electrons. The molecule has 0 aliphatic heterocycles. The van der Waals surface area contributed by atoms with Crippen LogP contribution in [0.1, 0.15) is 18.1 Å². The Bertz CT molecular complexity index is 724. The zero-order valence-corrected chi connectivity index (χ0v) is 15.4. The second-order valence-electron chi connectivity index (χ2n) is 5.32. The first kappa shape index (κ1) is 18.1. The number of ether oxygens (including phenoxy) is 1. The maximum Gasteiger partial charge on any atom is 0.297 e. The molecule has 6 heteroatoms. The van der Waals surface area contributed by atoms with Crippen molar-refractivity contribution in [3.63, 3.8) is 0 Å². The quantitative estimate of drug-likeness (QED) is 0.659. The molecule has 124 valence electrons. The van der Waals surface area contributed by atoms with Crippen LogP contribution in [0.15, 0.2) is 57.9 Å². The molecule has 23 heavy (non-hydrogen) atoms. The van der Waals surface area contributed by atoms with Gasteiger partial charge in [-0.15, -0.1) is 0 Å². The molecule has 0 fully saturated rings. The first-order valence-corrected chi connectivity index (χ1v) is 9.39. The fourth-order valence-corrected chi connectivity index (χ4v) is 3.26. The van der Waals surface area contributed by atoms with Gasteiger partial charge in [0.2, 0.25) is 0 Å². The molecule has 0 aromatic heterocycles. The van der Waals surface area contributed by atoms with Crippen molar-refractivity contribution in [1.29, 1.82) is 0 Å². The molecule has 4 nitrogen and oxygen atoms in total. The third-order valence-electron chi connectivity index (χ3n) is 3.14. The lowest BCUT2D eigenvalue weighted by atomic mass is 10.2. The van der Waals surface area contributed by atoms with Crippen molar-refractivity contribution in [1.82, 2.24) is 0 Å². The largest absolute Gasteiger partial charge is 0.374 e. The second-order valence-corrected chi connectivity index (χ2v) is 7.80. The van der Waals surface area contributed by atoms with Crippen molar-refractivity contribution in [2.24, 2.45) is 0 Å². The lowest BCUT2D eigenvalue weighted by Gasteiger charge is -2.13. The standard InChI is InChI=1S/C17H19BrO4S/c1-13-3-9-17(10-4-13)23(19,20)22-14(2)11-21-12-15-5-7-16(18)8-6-15/h3-10,14H,11-12H2,1-2H3/t14-/m0/s1. The molecule has 2 aromatic rings. The van der Waals surface area contributed by atoms with E-state index in [0.717, 1.165) is 15.6 Å². The van der Waals surface area contributed by atoms with E-state index < -0.39 is 16.2 Å². The third kappa shape index (κ3) is 5.73. The van der Waals surface area contributed by atoms with E-state index >= 15 is 0 Å². The van der Waals surface area contributed by atoms with Crippen LogP contribution in [0.2, 0.25) is 0 Å². The third-order valence-corrected chi connectivity index (χ3v) is 5.10. The number of hydrogen-bond acceptors (Lipinski definition) is 4. The molecule has 0 aliphatic rings. The van der Waals surface area contributed by atoms with Gasteiger partial charge in [0.05, 0.1) is 24.2 Å². The number of rotatable bonds is 7. The van der Waals surface area contributed by atoms with Crippen molar-refractivity contribution in [2.75, 3.05) is 6.61 Å². The van der Waals surface area contributed by atoms with Crippen molar-refractivity contribution >= 4 is 26.0 Å². The van der Waals surface area contributed by atoms with Crippen LogP contribution in [0.3, 0.4) is 0 Å². The maximum absolute atomic E-state index is 12.1. The van der Waals surface area contributed by atoms with E-state index in [9.17, 15) is 8.42 Å². The Labute approximate surface area is 145 Å². The van der Waals surface area contributed by atoms with Gasteiger partial charge in [-0.25, -0.2) is 0 Å². The van der Waals surface area contributed by atoms with Crippen molar-refractivity contribution < 1.29 is 17.3 Å². The summed E-state index contributed by atoms with van der Waals surface area (Å²) in [5.74, 6) is 0. The second kappa shape index (κ2) is 8.06. The van der Waals surface area contributed by atoms with Crippen molar-refractivity contribution in [3.8, 4) is 0 Å². The Balaban J connectivity index is 1.85. The molecule has 0 saturated carbocycles. The number of benzene rings is 2. The summed E-state index contributed by atoms with van der Waals surface area (Å²) in [6.45, 7) is 4.18. The highest BCUT2D eigenvalue weighted by Crippen LogP contribution is 2.16. The van der Waals surface area contributed by atoms with Gasteiger partial charge < -0.3 is 4.74 Å². The van der Waals surface area contributed by atoms with Crippen LogP contribution in [0.4, 0.5) is 0 Å². The summed E-state index contributed by atoms with van der Waals surface area (Å²) in [4.78, 5) is 0.155. The zero-order valence-electron chi connectivity index (χ0n) is 13.0. The Morgan fingerprint density at radius 1 is 1.04 bits per heavy atom. The van der Waals surface area contributed by atoms with E-state index in [0.29, 0.717) is 6.61 Å². The van der Waals surface area contributed by atoms with Gasteiger partial charge >= 0.3 is 0 Å². The van der Waals surface area contributed by atoms with Gasteiger partial charge in [-0.1, -0.05) is 45.8 Å². The Kier molecular flexibility index (Phi) is 6.35. The molecule has 0 spiro atoms. The predicted molar refractivity (Wildman–Crippen MR) is 92.7 cm³/mol. The van der Waals surface area contributed by atoms with Crippen LogP contribution in [0.25, 0.3) is 0 Å². The van der Waals surface area contributed by atoms with Gasteiger partial charge in [0.15, 0.2) is 0 Å². The Hall–Kier alpha value is -1.21. The zero-order chi connectivity index (χ0) is 16.9. The lowest BCUT2D eigenvalue weighted by molar-refractivity contribution is 0.0521. The highest BCUT2D eigenvalue weighted by molar-refractivity contribution is 9.10. The summed E-state index contributed by atoms with van der Waals surface area (Å²) in [6, 6.07) is 14.3. The highest BCUT2D eigenvalue weighted by Gasteiger charge is 2.19. The van der Waals surface area contributed by atoms with E-state index in [-0.39, 0.29) is 11.5 Å². The Morgan fingerprint density at radius 3 is 2.26 bits per heavy atom. The molecular weight excluding hydrogens is 380 g/mol. The summed E-state index contributed by atoms with van der Waals surface area (Å²) in [6.07, 6.45) is -0.559. The minimum atomic E-state index is -3.76. The molecule has 2 aromatic carbocycles. The van der Waals surface area contributed by atoms with Gasteiger partial charge in [0, 0.05) is 4.47 Å². The molecule has 0 saturated heterocycles. The molecule has 0 heterocycles. The van der Waals surface area contributed by atoms with Crippen LogP contribution < -0.4 is 0 Å². The van der Waals surface area contributed by atoms with E-state index in [4.69, 9.17) is 8.92 Å². The van der Waals surface area contributed by atoms with Crippen LogP contribution in [0, 0.1) is 6.92 Å². The Morgan fingerprint density at radius 2 is 1.65 bits per heavy atom. The first-order chi connectivity index (χ1) is 10.9. The van der Waals surface area contributed by atoms with Gasteiger partial charge in [-0.3, -0.25) is 4.18 Å². The minimum absolute atomic E-state index is 0.155. The first-order valence-electron chi connectivity index (χ1n) is 7.19. The monoisotopic (exact) mass is 398 g/mol. The molecule has 0 aliphatic carbocycles. The van der Waals surface area contributed by atoms with Crippen LogP contribution in [-0.2, 0) is 25.6 Å². The number of hydrogen-bond donors (Lipinski definition) is 0. The topological polar surface area (TPSA) is 52.6 Å². The highest BCUT2D eigenvalue weighted by atomic mass is 79.9. The van der Waals surface area contributed by atoms with E-state index in [1.807, 2.05) is 31.2 Å². The summed E-state index contributed by atoms with van der Waals surface area (Å²) in [7, 11) is -3.76. The smallest absolute Gasteiger partial charge is 0.297 e. The van der Waals surface area contributed by atoms with Gasteiger partial charge in [-0.2, -0.15) is 8.42 Å². The van der Waals surface area contributed by atoms with Crippen LogP contribution in [-0.4, -0.2) is 21.1 Å². The number of halogens is 1. The molecular formula is C17H19BrO4S. The molecule has 0 unspecified atom stereocenters. The summed E-state index contributed by atoms with van der Waals surface area (Å²) in [5.41, 5.74) is 2.01. The summed E-state index contributed by atoms with van der Waals surface area (Å²) >= 11 is 3.37. The van der Waals surface area contributed by atoms with E-state index in [1.165, 1.54) is 0 Å². The fraction of sp³-hybridized carbons (Fsp3) is 0.294. The SMILES string of the molecule is Cc1ccc(S(=O)(=O)O[C@@H](C)COCc2ccc(Br)cc2)cc1.